The third-order valence-corrected chi connectivity index (χ3v) is 2.75. The molecule has 1 atom stereocenters. The van der Waals surface area contributed by atoms with Gasteiger partial charge in [-0.2, -0.15) is 0 Å². The van der Waals surface area contributed by atoms with E-state index in [-0.39, 0.29) is 0 Å². The third kappa shape index (κ3) is 5.89. The number of carboxylic acids is 2. The van der Waals surface area contributed by atoms with Crippen LogP contribution in [0.1, 0.15) is 12.1 Å². The van der Waals surface area contributed by atoms with Crippen molar-refractivity contribution in [2.24, 2.45) is 0 Å². The lowest BCUT2D eigenvalue weighted by Gasteiger charge is -2.20. The molecule has 8 heteroatoms. The molecule has 1 aromatic rings. The van der Waals surface area contributed by atoms with Gasteiger partial charge in [-0.25, -0.2) is 9.59 Å². The number of aromatic nitrogens is 1. The van der Waals surface area contributed by atoms with Crippen LogP contribution in [0.5, 0.6) is 0 Å². The largest absolute Gasteiger partial charge is 0.481 e. The normalized spacial score (nSPS) is 11.5. The van der Waals surface area contributed by atoms with Gasteiger partial charge in [0.05, 0.1) is 6.42 Å². The van der Waals surface area contributed by atoms with E-state index in [4.69, 9.17) is 10.2 Å². The minimum Gasteiger partial charge on any atom is -0.481 e. The van der Waals surface area contributed by atoms with E-state index in [2.05, 4.69) is 10.3 Å². The van der Waals surface area contributed by atoms with Crippen LogP contribution in [0.25, 0.3) is 0 Å². The maximum atomic E-state index is 11.8. The first-order valence-corrected chi connectivity index (χ1v) is 6.26. The van der Waals surface area contributed by atoms with Crippen molar-refractivity contribution in [3.8, 4) is 0 Å². The summed E-state index contributed by atoms with van der Waals surface area (Å²) in [6, 6.07) is 3.33. The van der Waals surface area contributed by atoms with Gasteiger partial charge in [0.1, 0.15) is 6.04 Å². The van der Waals surface area contributed by atoms with Crippen molar-refractivity contribution in [3.63, 3.8) is 0 Å². The second kappa shape index (κ2) is 7.83. The summed E-state index contributed by atoms with van der Waals surface area (Å²) in [5.41, 5.74) is 0.803. The van der Waals surface area contributed by atoms with Crippen LogP contribution in [0.15, 0.2) is 24.4 Å². The van der Waals surface area contributed by atoms with Crippen LogP contribution >= 0.6 is 0 Å². The Kier molecular flexibility index (Phi) is 6.12. The van der Waals surface area contributed by atoms with E-state index in [0.717, 1.165) is 5.69 Å². The van der Waals surface area contributed by atoms with Crippen molar-refractivity contribution in [2.75, 3.05) is 13.6 Å². The van der Waals surface area contributed by atoms with Crippen molar-refractivity contribution in [3.05, 3.63) is 30.1 Å². The van der Waals surface area contributed by atoms with E-state index in [1.807, 2.05) is 12.1 Å². The summed E-state index contributed by atoms with van der Waals surface area (Å²) < 4.78 is 0. The minimum absolute atomic E-state index is 0.336. The Morgan fingerprint density at radius 1 is 1.33 bits per heavy atom. The zero-order valence-electron chi connectivity index (χ0n) is 11.5. The average molecular weight is 295 g/mol. The molecule has 1 aromatic heterocycles. The molecule has 0 fully saturated rings. The monoisotopic (exact) mass is 295 g/mol. The van der Waals surface area contributed by atoms with Crippen LogP contribution in [0, 0.1) is 0 Å². The first-order valence-electron chi connectivity index (χ1n) is 6.26. The van der Waals surface area contributed by atoms with Gasteiger partial charge in [0.15, 0.2) is 0 Å². The Bertz CT molecular complexity index is 506. The quantitative estimate of drug-likeness (QED) is 0.660. The zero-order chi connectivity index (χ0) is 15.8. The van der Waals surface area contributed by atoms with Crippen LogP contribution in [-0.2, 0) is 16.0 Å². The highest BCUT2D eigenvalue weighted by Gasteiger charge is 2.24. The second-order valence-corrected chi connectivity index (χ2v) is 4.43. The van der Waals surface area contributed by atoms with Gasteiger partial charge in [-0.3, -0.25) is 9.78 Å². The highest BCUT2D eigenvalue weighted by atomic mass is 16.4. The molecule has 1 heterocycles. The van der Waals surface area contributed by atoms with Crippen LogP contribution in [-0.4, -0.2) is 57.7 Å². The van der Waals surface area contributed by atoms with E-state index in [0.29, 0.717) is 13.0 Å². The number of nitrogens with zero attached hydrogens (tertiary/aromatic N) is 2. The van der Waals surface area contributed by atoms with Gasteiger partial charge in [0.2, 0.25) is 0 Å². The molecule has 0 aliphatic carbocycles. The highest BCUT2D eigenvalue weighted by molar-refractivity contribution is 5.86. The number of urea groups is 1. The number of rotatable bonds is 7. The Balaban J connectivity index is 2.49. The zero-order valence-corrected chi connectivity index (χ0v) is 11.5. The summed E-state index contributed by atoms with van der Waals surface area (Å²) in [7, 11) is 1.50. The molecule has 0 spiro atoms. The highest BCUT2D eigenvalue weighted by Crippen LogP contribution is 1.99. The molecule has 0 saturated heterocycles. The molecule has 2 amide bonds. The predicted octanol–water partition coefficient (Wildman–Crippen LogP) is 0.193. The minimum atomic E-state index is -1.45. The summed E-state index contributed by atoms with van der Waals surface area (Å²) in [6.07, 6.45) is 1.49. The molecule has 3 N–H and O–H groups in total. The van der Waals surface area contributed by atoms with Crippen molar-refractivity contribution < 1.29 is 24.6 Å². The van der Waals surface area contributed by atoms with Crippen molar-refractivity contribution in [1.82, 2.24) is 15.2 Å². The van der Waals surface area contributed by atoms with Crippen LogP contribution in [0.4, 0.5) is 4.79 Å². The third-order valence-electron chi connectivity index (χ3n) is 2.75. The van der Waals surface area contributed by atoms with Crippen molar-refractivity contribution >= 4 is 18.0 Å². The van der Waals surface area contributed by atoms with Crippen LogP contribution in [0.3, 0.4) is 0 Å². The Labute approximate surface area is 121 Å². The molecule has 0 bridgehead atoms. The topological polar surface area (TPSA) is 120 Å². The Hall–Kier alpha value is -2.64. The van der Waals surface area contributed by atoms with Gasteiger partial charge in [-0.15, -0.1) is 0 Å². The first-order chi connectivity index (χ1) is 9.90. The molecule has 21 heavy (non-hydrogen) atoms. The van der Waals surface area contributed by atoms with E-state index >= 15 is 0 Å². The number of amides is 2. The number of aliphatic carboxylic acids is 2. The predicted molar refractivity (Wildman–Crippen MR) is 72.8 cm³/mol. The fraction of sp³-hybridized carbons (Fsp3) is 0.385. The summed E-state index contributed by atoms with van der Waals surface area (Å²) in [5, 5.41) is 19.6. The van der Waals surface area contributed by atoms with Crippen LogP contribution < -0.4 is 5.32 Å². The lowest BCUT2D eigenvalue weighted by Crippen LogP contribution is -2.48. The average Bonchev–Trinajstić information content (AvgIpc) is 2.44. The second-order valence-electron chi connectivity index (χ2n) is 4.43. The SMILES string of the molecule is CN(CCc1ccccn1)C(=O)N[C@@H](CC(=O)O)C(=O)O. The number of carboxylic acid groups (broad SMARTS) is 2. The Morgan fingerprint density at radius 2 is 2.05 bits per heavy atom. The number of likely N-dealkylation sites (N-methyl/N-ethyl adjacent to an activating group) is 1. The van der Waals surface area contributed by atoms with E-state index < -0.39 is 30.4 Å². The fourth-order valence-electron chi connectivity index (χ4n) is 1.56. The maximum Gasteiger partial charge on any atom is 0.326 e. The molecular formula is C13H17N3O5. The molecule has 0 unspecified atom stereocenters. The lowest BCUT2D eigenvalue weighted by molar-refractivity contribution is -0.145. The van der Waals surface area contributed by atoms with Gasteiger partial charge in [0.25, 0.3) is 0 Å². The first kappa shape index (κ1) is 16.4. The van der Waals surface area contributed by atoms with Gasteiger partial charge in [0, 0.05) is 31.9 Å². The number of hydrogen-bond acceptors (Lipinski definition) is 4. The van der Waals surface area contributed by atoms with Gasteiger partial charge in [-0.1, -0.05) is 6.07 Å². The molecule has 114 valence electrons. The molecular weight excluding hydrogens is 278 g/mol. The van der Waals surface area contributed by atoms with E-state index in [1.54, 1.807) is 12.3 Å². The van der Waals surface area contributed by atoms with E-state index in [9.17, 15) is 14.4 Å². The standard InChI is InChI=1S/C13H17N3O5/c1-16(7-5-9-4-2-3-6-14-9)13(21)15-10(12(19)20)8-11(17)18/h2-4,6,10H,5,7-8H2,1H3,(H,15,21)(H,17,18)(H,19,20)/t10-/m0/s1. The number of nitrogens with one attached hydrogen (secondary N) is 1. The molecule has 0 aromatic carbocycles. The summed E-state index contributed by atoms with van der Waals surface area (Å²) in [6.45, 7) is 0.336. The van der Waals surface area contributed by atoms with Gasteiger partial charge < -0.3 is 20.4 Å². The Morgan fingerprint density at radius 3 is 2.57 bits per heavy atom. The molecule has 0 saturated carbocycles. The summed E-state index contributed by atoms with van der Waals surface area (Å²) >= 11 is 0. The van der Waals surface area contributed by atoms with Gasteiger partial charge in [-0.05, 0) is 12.1 Å². The molecule has 0 radical (unpaired) electrons. The summed E-state index contributed by atoms with van der Waals surface area (Å²) in [5.74, 6) is -2.68. The molecule has 1 rings (SSSR count). The maximum absolute atomic E-state index is 11.8. The molecule has 8 nitrogen and oxygen atoms in total. The lowest BCUT2D eigenvalue weighted by atomic mass is 10.2. The van der Waals surface area contributed by atoms with Crippen molar-refractivity contribution in [2.45, 2.75) is 18.9 Å². The van der Waals surface area contributed by atoms with Gasteiger partial charge >= 0.3 is 18.0 Å². The van der Waals surface area contributed by atoms with Crippen molar-refractivity contribution in [1.29, 1.82) is 0 Å². The molecule has 0 aliphatic heterocycles. The van der Waals surface area contributed by atoms with E-state index in [1.165, 1.54) is 11.9 Å². The number of pyridine rings is 1. The number of hydrogen-bond donors (Lipinski definition) is 3. The smallest absolute Gasteiger partial charge is 0.326 e. The number of carbonyl (C=O) groups excluding carboxylic acids is 1. The van der Waals surface area contributed by atoms with Crippen LogP contribution in [0.2, 0.25) is 0 Å². The fourth-order valence-corrected chi connectivity index (χ4v) is 1.56. The molecule has 0 aliphatic rings. The number of carbonyl (C=O) groups is 3. The summed E-state index contributed by atoms with van der Waals surface area (Å²) in [4.78, 5) is 38.6.